The predicted octanol–water partition coefficient (Wildman–Crippen LogP) is 13.1. The zero-order chi connectivity index (χ0) is 44.2. The Morgan fingerprint density at radius 3 is 1.20 bits per heavy atom. The third-order valence-corrected chi connectivity index (χ3v) is 11.6. The highest BCUT2D eigenvalue weighted by molar-refractivity contribution is 5.70. The number of unbranched alkanes of at least 4 members (excludes halogenated alkanes) is 28. The Hall–Kier alpha value is -2.19. The van der Waals surface area contributed by atoms with Crippen LogP contribution in [0.15, 0.2) is 24.3 Å². The fourth-order valence-electron chi connectivity index (χ4n) is 7.59. The number of ether oxygens (including phenoxy) is 3. The van der Waals surface area contributed by atoms with E-state index >= 15 is 0 Å². The minimum absolute atomic E-state index is 0.0392. The summed E-state index contributed by atoms with van der Waals surface area (Å²) in [6, 6.07) is -0.726. The van der Waals surface area contributed by atoms with Gasteiger partial charge in [0, 0.05) is 19.3 Å². The highest BCUT2D eigenvalue weighted by atomic mass is 16.6. The quantitative estimate of drug-likeness (QED) is 0.0260. The molecule has 0 heterocycles. The van der Waals surface area contributed by atoms with Gasteiger partial charge in [-0.25, -0.2) is 0 Å². The molecular weight excluding hydrogens is 751 g/mol. The summed E-state index contributed by atoms with van der Waals surface area (Å²) in [6.45, 7) is 4.68. The molecule has 0 spiro atoms. The lowest BCUT2D eigenvalue weighted by atomic mass is 10.1. The number of allylic oxidation sites excluding steroid dienone is 4. The van der Waals surface area contributed by atoms with Gasteiger partial charge in [0.15, 0.2) is 6.10 Å². The Morgan fingerprint density at radius 2 is 0.833 bits per heavy atom. The van der Waals surface area contributed by atoms with Gasteiger partial charge < -0.3 is 28.6 Å². The Kier molecular flexibility index (Phi) is 41.9. The minimum atomic E-state index is -1.12. The molecular formula is C52H97NO7. The van der Waals surface area contributed by atoms with Crippen molar-refractivity contribution in [3.63, 3.8) is 0 Å². The number of likely N-dealkylation sites (N-methyl/N-ethyl adjacent to an activating group) is 1. The van der Waals surface area contributed by atoms with E-state index in [0.29, 0.717) is 12.8 Å². The van der Waals surface area contributed by atoms with Crippen molar-refractivity contribution in [3.05, 3.63) is 24.3 Å². The topological polar surface area (TPSA) is 102 Å². The minimum Gasteiger partial charge on any atom is -0.544 e. The fourth-order valence-corrected chi connectivity index (χ4v) is 7.59. The van der Waals surface area contributed by atoms with Crippen LogP contribution in [0.2, 0.25) is 0 Å². The molecule has 0 aromatic carbocycles. The molecule has 0 amide bonds. The molecule has 0 fully saturated rings. The summed E-state index contributed by atoms with van der Waals surface area (Å²) in [5.41, 5.74) is 0. The van der Waals surface area contributed by atoms with Crippen LogP contribution in [0.1, 0.15) is 239 Å². The monoisotopic (exact) mass is 848 g/mol. The average Bonchev–Trinajstić information content (AvgIpc) is 3.21. The van der Waals surface area contributed by atoms with Gasteiger partial charge in [0.05, 0.1) is 40.3 Å². The maximum atomic E-state index is 12.8. The third-order valence-electron chi connectivity index (χ3n) is 11.6. The predicted molar refractivity (Wildman–Crippen MR) is 250 cm³/mol. The zero-order valence-corrected chi connectivity index (χ0v) is 40.1. The van der Waals surface area contributed by atoms with Crippen LogP contribution in [-0.2, 0) is 28.6 Å². The Morgan fingerprint density at radius 1 is 0.483 bits per heavy atom. The molecule has 0 saturated heterocycles. The van der Waals surface area contributed by atoms with Crippen molar-refractivity contribution in [1.82, 2.24) is 0 Å². The maximum absolute atomic E-state index is 12.8. The number of quaternary nitrogens is 1. The van der Waals surface area contributed by atoms with Gasteiger partial charge >= 0.3 is 11.9 Å². The van der Waals surface area contributed by atoms with Crippen LogP contribution in [0, 0.1) is 0 Å². The molecule has 0 aliphatic heterocycles. The van der Waals surface area contributed by atoms with Crippen LogP contribution >= 0.6 is 0 Å². The van der Waals surface area contributed by atoms with Gasteiger partial charge in [-0.15, -0.1) is 0 Å². The third kappa shape index (κ3) is 41.2. The first-order valence-corrected chi connectivity index (χ1v) is 25.4. The fraction of sp³-hybridized carbons (Fsp3) is 0.865. The standard InChI is InChI=1S/C52H97NO7/c1-6-8-10-12-14-16-18-20-22-24-25-26-27-29-30-32-34-36-38-40-42-50(54)59-47-48(46-58-45-44-49(52(56)57)53(3,4)5)60-51(55)43-41-39-37-35-33-31-28-23-21-19-17-15-13-11-9-7-2/h23,25-26,28,48-49H,6-22,24,27,29-47H2,1-5H3/b26-25+,28-23+. The van der Waals surface area contributed by atoms with E-state index in [1.54, 1.807) is 21.1 Å². The number of esters is 2. The number of carbonyl (C=O) groups is 3. The van der Waals surface area contributed by atoms with Gasteiger partial charge in [-0.1, -0.05) is 179 Å². The van der Waals surface area contributed by atoms with Crippen molar-refractivity contribution in [3.8, 4) is 0 Å². The first-order chi connectivity index (χ1) is 29.1. The Bertz CT molecular complexity index is 1040. The molecule has 0 aromatic rings. The second-order valence-electron chi connectivity index (χ2n) is 18.4. The smallest absolute Gasteiger partial charge is 0.306 e. The van der Waals surface area contributed by atoms with Gasteiger partial charge in [-0.05, 0) is 64.2 Å². The average molecular weight is 848 g/mol. The molecule has 352 valence electrons. The summed E-state index contributed by atoms with van der Waals surface area (Å²) in [7, 11) is 5.42. The van der Waals surface area contributed by atoms with Crippen molar-refractivity contribution >= 4 is 17.9 Å². The van der Waals surface area contributed by atoms with E-state index in [1.807, 2.05) is 0 Å². The van der Waals surface area contributed by atoms with Crippen molar-refractivity contribution in [2.24, 2.45) is 0 Å². The number of aliphatic carboxylic acids is 1. The van der Waals surface area contributed by atoms with E-state index in [0.717, 1.165) is 51.4 Å². The summed E-state index contributed by atoms with van der Waals surface area (Å²) in [5.74, 6) is -1.74. The molecule has 0 bridgehead atoms. The van der Waals surface area contributed by atoms with Gasteiger partial charge in [-0.2, -0.15) is 0 Å². The molecule has 0 rings (SSSR count). The number of rotatable bonds is 46. The van der Waals surface area contributed by atoms with E-state index in [9.17, 15) is 19.5 Å². The molecule has 0 radical (unpaired) electrons. The van der Waals surface area contributed by atoms with Gasteiger partial charge in [0.25, 0.3) is 0 Å². The molecule has 0 N–H and O–H groups in total. The summed E-state index contributed by atoms with van der Waals surface area (Å²) in [4.78, 5) is 37.0. The molecule has 0 aromatic heterocycles. The number of carboxylic acid groups (broad SMARTS) is 1. The highest BCUT2D eigenvalue weighted by Crippen LogP contribution is 2.15. The summed E-state index contributed by atoms with van der Waals surface area (Å²) < 4.78 is 17.2. The van der Waals surface area contributed by atoms with E-state index in [-0.39, 0.29) is 42.7 Å². The number of nitrogens with zero attached hydrogens (tertiary/aromatic N) is 1. The SMILES string of the molecule is CCCCCCCCC/C=C/CCCCCCCC(=O)OC(COCCC(C(=O)[O-])[N+](C)(C)C)COC(=O)CCCCCCCCC/C=C/CCCCCCCCCCC. The second-order valence-corrected chi connectivity index (χ2v) is 18.4. The number of carboxylic acids is 1. The van der Waals surface area contributed by atoms with Crippen LogP contribution in [0.3, 0.4) is 0 Å². The lowest BCUT2D eigenvalue weighted by Gasteiger charge is -2.34. The maximum Gasteiger partial charge on any atom is 0.306 e. The first kappa shape index (κ1) is 57.8. The molecule has 8 heteroatoms. The van der Waals surface area contributed by atoms with Gasteiger partial charge in [-0.3, -0.25) is 9.59 Å². The van der Waals surface area contributed by atoms with Gasteiger partial charge in [0.2, 0.25) is 0 Å². The van der Waals surface area contributed by atoms with E-state index in [4.69, 9.17) is 14.2 Å². The van der Waals surface area contributed by atoms with E-state index in [2.05, 4.69) is 38.2 Å². The van der Waals surface area contributed by atoms with Crippen molar-refractivity contribution in [1.29, 1.82) is 0 Å². The summed E-state index contributed by atoms with van der Waals surface area (Å²) in [5, 5.41) is 11.7. The van der Waals surface area contributed by atoms with Crippen LogP contribution < -0.4 is 5.11 Å². The van der Waals surface area contributed by atoms with E-state index in [1.165, 1.54) is 154 Å². The molecule has 0 aliphatic carbocycles. The Labute approximate surface area is 371 Å². The molecule has 8 nitrogen and oxygen atoms in total. The lowest BCUT2D eigenvalue weighted by Crippen LogP contribution is -2.55. The molecule has 0 saturated carbocycles. The molecule has 2 atom stereocenters. The molecule has 60 heavy (non-hydrogen) atoms. The molecule has 2 unspecified atom stereocenters. The van der Waals surface area contributed by atoms with Crippen LogP contribution in [0.5, 0.6) is 0 Å². The van der Waals surface area contributed by atoms with Crippen LogP contribution in [0.25, 0.3) is 0 Å². The summed E-state index contributed by atoms with van der Waals surface area (Å²) in [6.07, 6.45) is 49.2. The van der Waals surface area contributed by atoms with Gasteiger partial charge in [0.1, 0.15) is 12.6 Å². The van der Waals surface area contributed by atoms with Crippen LogP contribution in [0.4, 0.5) is 0 Å². The number of hydrogen-bond donors (Lipinski definition) is 0. The van der Waals surface area contributed by atoms with E-state index < -0.39 is 18.1 Å². The van der Waals surface area contributed by atoms with Crippen molar-refractivity contribution < 1.29 is 38.2 Å². The Balaban J connectivity index is 4.25. The number of carbonyl (C=O) groups excluding carboxylic acids is 3. The number of hydrogen-bond acceptors (Lipinski definition) is 7. The normalized spacial score (nSPS) is 13.0. The largest absolute Gasteiger partial charge is 0.544 e. The first-order valence-electron chi connectivity index (χ1n) is 25.4. The zero-order valence-electron chi connectivity index (χ0n) is 40.1. The van der Waals surface area contributed by atoms with Crippen molar-refractivity contribution in [2.75, 3.05) is 41.0 Å². The van der Waals surface area contributed by atoms with Crippen LogP contribution in [-0.4, -0.2) is 75.5 Å². The lowest BCUT2D eigenvalue weighted by molar-refractivity contribution is -0.889. The highest BCUT2D eigenvalue weighted by Gasteiger charge is 2.25. The summed E-state index contributed by atoms with van der Waals surface area (Å²) >= 11 is 0. The van der Waals surface area contributed by atoms with Crippen molar-refractivity contribution in [2.45, 2.75) is 251 Å². The molecule has 0 aliphatic rings. The second kappa shape index (κ2) is 43.5.